The number of carbonyl (C=O) groups is 3. The number of rotatable bonds is 10. The van der Waals surface area contributed by atoms with E-state index in [4.69, 9.17) is 24.1 Å². The molecule has 0 aromatic carbocycles. The summed E-state index contributed by atoms with van der Waals surface area (Å²) in [6, 6.07) is 0. The fourth-order valence-electron chi connectivity index (χ4n) is 7.50. The zero-order valence-corrected chi connectivity index (χ0v) is 23.3. The fourth-order valence-corrected chi connectivity index (χ4v) is 7.50. The quantitative estimate of drug-likeness (QED) is 0.173. The van der Waals surface area contributed by atoms with E-state index in [0.29, 0.717) is 13.0 Å². The molecule has 2 aliphatic heterocycles. The molecule has 4 aliphatic rings. The summed E-state index contributed by atoms with van der Waals surface area (Å²) < 4.78 is 21.8. The summed E-state index contributed by atoms with van der Waals surface area (Å²) in [6.07, 6.45) is 0.0154. The fraction of sp³-hybridized carbons (Fsp3) is 0.759. The summed E-state index contributed by atoms with van der Waals surface area (Å²) in [5.41, 5.74) is 1.61. The number of aliphatic hydroxyl groups is 3. The van der Waals surface area contributed by atoms with Gasteiger partial charge in [-0.15, -0.1) is 0 Å². The van der Waals surface area contributed by atoms with Crippen molar-refractivity contribution in [1.29, 1.82) is 0 Å². The maximum atomic E-state index is 12.0. The number of carboxylic acid groups (broad SMARTS) is 1. The van der Waals surface area contributed by atoms with E-state index >= 15 is 0 Å². The van der Waals surface area contributed by atoms with Gasteiger partial charge in [-0.25, -0.2) is 4.79 Å². The maximum Gasteiger partial charge on any atom is 0.334 e. The standard InChI is InChI=1S/C29H42O11/c1-16-5-8-20-28(2,10-4-11-29(20,3)18(16)7-6-17-9-12-37-26(17)36)15-39-27-25(35)24(34)23(33)19(40-27)14-38-22(32)13-21(30)31/h9,18-20,23-25,27,33-35H,1,4-8,10-15H2,2-3H3,(H,30,31)/t18-,19+,20+,23+,24-,25+,27+,28+,29+/m1/s1. The van der Waals surface area contributed by atoms with Crippen LogP contribution in [0, 0.1) is 22.7 Å². The van der Waals surface area contributed by atoms with E-state index in [1.165, 1.54) is 5.57 Å². The lowest BCUT2D eigenvalue weighted by molar-refractivity contribution is -0.310. The molecule has 11 nitrogen and oxygen atoms in total. The molecule has 2 aliphatic carbocycles. The van der Waals surface area contributed by atoms with Crippen molar-refractivity contribution in [3.8, 4) is 0 Å². The maximum absolute atomic E-state index is 12.0. The number of aliphatic carboxylic acids is 1. The van der Waals surface area contributed by atoms with Gasteiger partial charge in [-0.3, -0.25) is 9.59 Å². The van der Waals surface area contributed by atoms with Gasteiger partial charge in [0.05, 0.1) is 6.61 Å². The predicted octanol–water partition coefficient (Wildman–Crippen LogP) is 1.87. The minimum atomic E-state index is -1.61. The first-order valence-electron chi connectivity index (χ1n) is 14.1. The first-order valence-corrected chi connectivity index (χ1v) is 14.1. The average Bonchev–Trinajstić information content (AvgIpc) is 3.29. The summed E-state index contributed by atoms with van der Waals surface area (Å²) in [4.78, 5) is 34.3. The lowest BCUT2D eigenvalue weighted by Crippen LogP contribution is -2.60. The van der Waals surface area contributed by atoms with Crippen LogP contribution in [0.1, 0.15) is 65.2 Å². The molecule has 3 fully saturated rings. The minimum absolute atomic E-state index is 0.0581. The first-order chi connectivity index (χ1) is 18.9. The molecule has 11 heteroatoms. The van der Waals surface area contributed by atoms with Crippen molar-refractivity contribution in [2.45, 2.75) is 95.9 Å². The second kappa shape index (κ2) is 12.3. The number of hydrogen-bond donors (Lipinski definition) is 4. The number of ether oxygens (including phenoxy) is 4. The third-order valence-corrected chi connectivity index (χ3v) is 9.60. The Balaban J connectivity index is 1.42. The molecule has 9 atom stereocenters. The molecule has 2 saturated carbocycles. The Bertz CT molecular complexity index is 1020. The van der Waals surface area contributed by atoms with Gasteiger partial charge in [0.15, 0.2) is 6.29 Å². The van der Waals surface area contributed by atoms with Crippen LogP contribution in [-0.2, 0) is 33.3 Å². The number of carboxylic acids is 1. The minimum Gasteiger partial charge on any atom is -0.481 e. The number of esters is 2. The summed E-state index contributed by atoms with van der Waals surface area (Å²) >= 11 is 0. The molecule has 0 spiro atoms. The Hall–Kier alpha value is -2.31. The summed E-state index contributed by atoms with van der Waals surface area (Å²) in [7, 11) is 0. The van der Waals surface area contributed by atoms with Crippen molar-refractivity contribution in [3.63, 3.8) is 0 Å². The largest absolute Gasteiger partial charge is 0.481 e. The van der Waals surface area contributed by atoms with Crippen LogP contribution in [0.2, 0.25) is 0 Å². The van der Waals surface area contributed by atoms with Gasteiger partial charge in [-0.1, -0.05) is 32.4 Å². The van der Waals surface area contributed by atoms with Gasteiger partial charge in [0, 0.05) is 5.57 Å². The molecule has 4 rings (SSSR count). The van der Waals surface area contributed by atoms with Crippen LogP contribution in [0.3, 0.4) is 0 Å². The van der Waals surface area contributed by atoms with Crippen LogP contribution in [-0.4, -0.2) is 88.9 Å². The van der Waals surface area contributed by atoms with Gasteiger partial charge in [-0.2, -0.15) is 0 Å². The number of cyclic esters (lactones) is 1. The van der Waals surface area contributed by atoms with Crippen molar-refractivity contribution in [3.05, 3.63) is 23.8 Å². The molecule has 0 amide bonds. The van der Waals surface area contributed by atoms with E-state index in [9.17, 15) is 29.7 Å². The van der Waals surface area contributed by atoms with Crippen molar-refractivity contribution >= 4 is 17.9 Å². The topological polar surface area (TPSA) is 169 Å². The molecular weight excluding hydrogens is 524 g/mol. The number of fused-ring (bicyclic) bond motifs is 1. The third kappa shape index (κ3) is 6.28. The van der Waals surface area contributed by atoms with Crippen LogP contribution in [0.5, 0.6) is 0 Å². The Kier molecular flexibility index (Phi) is 9.41. The lowest BCUT2D eigenvalue weighted by atomic mass is 9.47. The molecule has 40 heavy (non-hydrogen) atoms. The van der Waals surface area contributed by atoms with Crippen LogP contribution in [0.15, 0.2) is 23.8 Å². The second-order valence-corrected chi connectivity index (χ2v) is 12.3. The highest BCUT2D eigenvalue weighted by Gasteiger charge is 2.55. The Morgan fingerprint density at radius 1 is 1.15 bits per heavy atom. The monoisotopic (exact) mass is 566 g/mol. The molecule has 2 heterocycles. The highest BCUT2D eigenvalue weighted by molar-refractivity contribution is 5.90. The van der Waals surface area contributed by atoms with E-state index in [1.54, 1.807) is 0 Å². The molecule has 0 radical (unpaired) electrons. The number of hydrogen-bond acceptors (Lipinski definition) is 10. The Labute approximate surface area is 234 Å². The zero-order valence-electron chi connectivity index (χ0n) is 23.3. The van der Waals surface area contributed by atoms with Gasteiger partial charge in [0.25, 0.3) is 0 Å². The molecule has 0 unspecified atom stereocenters. The second-order valence-electron chi connectivity index (χ2n) is 12.3. The van der Waals surface area contributed by atoms with E-state index in [1.807, 2.05) is 6.08 Å². The first kappa shape index (κ1) is 30.6. The van der Waals surface area contributed by atoms with Crippen LogP contribution in [0.4, 0.5) is 0 Å². The molecule has 0 bridgehead atoms. The van der Waals surface area contributed by atoms with Crippen molar-refractivity contribution in [2.75, 3.05) is 19.8 Å². The summed E-state index contributed by atoms with van der Waals surface area (Å²) in [6.45, 7) is 8.95. The average molecular weight is 567 g/mol. The van der Waals surface area contributed by atoms with Gasteiger partial charge in [0.2, 0.25) is 0 Å². The molecule has 4 N–H and O–H groups in total. The van der Waals surface area contributed by atoms with Gasteiger partial charge in [0.1, 0.15) is 44.1 Å². The van der Waals surface area contributed by atoms with E-state index in [-0.39, 0.29) is 35.2 Å². The normalized spacial score (nSPS) is 39.7. The molecule has 224 valence electrons. The molecule has 0 aromatic rings. The molecule has 1 saturated heterocycles. The van der Waals surface area contributed by atoms with E-state index < -0.39 is 55.7 Å². The number of aliphatic hydroxyl groups excluding tert-OH is 3. The summed E-state index contributed by atoms with van der Waals surface area (Å²) in [5.74, 6) is -2.09. The smallest absolute Gasteiger partial charge is 0.334 e. The highest BCUT2D eigenvalue weighted by atomic mass is 16.7. The SMILES string of the molecule is C=C1CC[C@H]2[C@](C)(CO[C@H]3O[C@@H](COC(=O)CC(=O)O)[C@H](O)[C@@H](O)[C@@H]3O)CCC[C@@]2(C)[C@@H]1CCC1=CCOC1=O. The molecule has 0 aromatic heterocycles. The third-order valence-electron chi connectivity index (χ3n) is 9.60. The van der Waals surface area contributed by atoms with Gasteiger partial charge in [-0.05, 0) is 67.3 Å². The lowest BCUT2D eigenvalue weighted by Gasteiger charge is -2.59. The van der Waals surface area contributed by atoms with Gasteiger partial charge < -0.3 is 39.4 Å². The number of carbonyl (C=O) groups excluding carboxylic acids is 2. The van der Waals surface area contributed by atoms with Crippen LogP contribution < -0.4 is 0 Å². The van der Waals surface area contributed by atoms with E-state index in [2.05, 4.69) is 20.4 Å². The molecular formula is C29H42O11. The number of allylic oxidation sites excluding steroid dienone is 1. The van der Waals surface area contributed by atoms with Crippen molar-refractivity contribution in [2.24, 2.45) is 22.7 Å². The Morgan fingerprint density at radius 3 is 2.58 bits per heavy atom. The predicted molar refractivity (Wildman–Crippen MR) is 140 cm³/mol. The van der Waals surface area contributed by atoms with Crippen LogP contribution >= 0.6 is 0 Å². The highest BCUT2D eigenvalue weighted by Crippen LogP contribution is 2.62. The Morgan fingerprint density at radius 2 is 1.90 bits per heavy atom. The van der Waals surface area contributed by atoms with E-state index in [0.717, 1.165) is 44.1 Å². The van der Waals surface area contributed by atoms with Gasteiger partial charge >= 0.3 is 17.9 Å². The van der Waals surface area contributed by atoms with Crippen molar-refractivity contribution in [1.82, 2.24) is 0 Å². The summed E-state index contributed by atoms with van der Waals surface area (Å²) in [5, 5.41) is 40.1. The van der Waals surface area contributed by atoms with Crippen LogP contribution in [0.25, 0.3) is 0 Å². The zero-order chi connectivity index (χ0) is 29.2. The van der Waals surface area contributed by atoms with Crippen molar-refractivity contribution < 1.29 is 53.8 Å².